The van der Waals surface area contributed by atoms with Crippen LogP contribution in [0.25, 0.3) is 0 Å². The topological polar surface area (TPSA) is 35.2 Å². The van der Waals surface area contributed by atoms with E-state index in [-0.39, 0.29) is 11.4 Å². The van der Waals surface area contributed by atoms with E-state index in [0.717, 1.165) is 12.1 Å². The summed E-state index contributed by atoms with van der Waals surface area (Å²) in [6, 6.07) is 1.79. The lowest BCUT2D eigenvalue weighted by atomic mass is 10.2. The van der Waals surface area contributed by atoms with Crippen molar-refractivity contribution >= 4 is 17.3 Å². The van der Waals surface area contributed by atoms with Crippen LogP contribution in [0.1, 0.15) is 5.56 Å². The summed E-state index contributed by atoms with van der Waals surface area (Å²) >= 11 is 5.39. The normalized spacial score (nSPS) is 11.5. The summed E-state index contributed by atoms with van der Waals surface area (Å²) in [5, 5.41) is -0.434. The molecule has 1 aromatic carbocycles. The zero-order chi connectivity index (χ0) is 10.9. The maximum Gasteiger partial charge on any atom is 0.417 e. The summed E-state index contributed by atoms with van der Waals surface area (Å²) in [4.78, 5) is 0. The van der Waals surface area contributed by atoms with Crippen LogP contribution in [0.2, 0.25) is 5.02 Å². The van der Waals surface area contributed by atoms with Crippen LogP contribution in [-0.4, -0.2) is 7.11 Å². The number of halogens is 4. The summed E-state index contributed by atoms with van der Waals surface area (Å²) in [5.74, 6) is -0.0401. The van der Waals surface area contributed by atoms with Crippen molar-refractivity contribution in [3.63, 3.8) is 0 Å². The van der Waals surface area contributed by atoms with Crippen molar-refractivity contribution in [3.8, 4) is 5.75 Å². The van der Waals surface area contributed by atoms with E-state index in [1.807, 2.05) is 0 Å². The van der Waals surface area contributed by atoms with Gasteiger partial charge in [0.2, 0.25) is 0 Å². The number of methoxy groups -OCH3 is 1. The molecule has 0 heterocycles. The summed E-state index contributed by atoms with van der Waals surface area (Å²) in [5.41, 5.74) is 4.49. The summed E-state index contributed by atoms with van der Waals surface area (Å²) in [6.45, 7) is 0. The number of alkyl halides is 3. The molecule has 0 spiro atoms. The first kappa shape index (κ1) is 11.0. The van der Waals surface area contributed by atoms with Gasteiger partial charge in [0, 0.05) is 0 Å². The highest BCUT2D eigenvalue weighted by atomic mass is 35.5. The lowest BCUT2D eigenvalue weighted by Crippen LogP contribution is -2.07. The number of benzene rings is 1. The zero-order valence-electron chi connectivity index (χ0n) is 7.15. The van der Waals surface area contributed by atoms with Gasteiger partial charge in [-0.2, -0.15) is 13.2 Å². The van der Waals surface area contributed by atoms with Crippen LogP contribution in [0.4, 0.5) is 18.9 Å². The molecular weight excluding hydrogens is 219 g/mol. The van der Waals surface area contributed by atoms with Crippen molar-refractivity contribution in [2.75, 3.05) is 12.8 Å². The Labute approximate surface area is 83.4 Å². The molecule has 2 nitrogen and oxygen atoms in total. The van der Waals surface area contributed by atoms with Crippen LogP contribution >= 0.6 is 11.6 Å². The zero-order valence-corrected chi connectivity index (χ0v) is 7.91. The molecule has 0 saturated carbocycles. The first-order valence-corrected chi connectivity index (χ1v) is 3.94. The van der Waals surface area contributed by atoms with Crippen molar-refractivity contribution in [2.24, 2.45) is 0 Å². The van der Waals surface area contributed by atoms with Gasteiger partial charge in [-0.25, -0.2) is 0 Å². The Kier molecular flexibility index (Phi) is 2.80. The van der Waals surface area contributed by atoms with E-state index in [9.17, 15) is 13.2 Å². The number of ether oxygens (including phenoxy) is 1. The number of rotatable bonds is 1. The molecule has 0 atom stereocenters. The molecule has 0 aliphatic rings. The Morgan fingerprint density at radius 3 is 2.36 bits per heavy atom. The number of nitrogen functional groups attached to an aromatic ring is 1. The van der Waals surface area contributed by atoms with Gasteiger partial charge in [0.15, 0.2) is 0 Å². The second-order valence-electron chi connectivity index (χ2n) is 2.57. The van der Waals surface area contributed by atoms with Gasteiger partial charge in [0.05, 0.1) is 23.4 Å². The number of nitrogens with two attached hydrogens (primary N) is 1. The quantitative estimate of drug-likeness (QED) is 0.746. The Balaban J connectivity index is 3.32. The van der Waals surface area contributed by atoms with Crippen molar-refractivity contribution in [2.45, 2.75) is 6.18 Å². The monoisotopic (exact) mass is 225 g/mol. The third-order valence-corrected chi connectivity index (χ3v) is 1.94. The molecule has 1 aromatic rings. The average Bonchev–Trinajstić information content (AvgIpc) is 2.02. The van der Waals surface area contributed by atoms with Crippen LogP contribution in [0.15, 0.2) is 12.1 Å². The maximum absolute atomic E-state index is 12.3. The van der Waals surface area contributed by atoms with Gasteiger partial charge in [-0.3, -0.25) is 0 Å². The third kappa shape index (κ3) is 2.04. The van der Waals surface area contributed by atoms with Crippen LogP contribution in [0.5, 0.6) is 5.75 Å². The molecule has 2 N–H and O–H groups in total. The third-order valence-electron chi connectivity index (χ3n) is 1.62. The second-order valence-corrected chi connectivity index (χ2v) is 2.98. The molecule has 6 heteroatoms. The fourth-order valence-corrected chi connectivity index (χ4v) is 1.24. The number of hydrogen-bond acceptors (Lipinski definition) is 2. The highest BCUT2D eigenvalue weighted by molar-refractivity contribution is 6.31. The lowest BCUT2D eigenvalue weighted by Gasteiger charge is -2.12. The Hall–Kier alpha value is -1.10. The fourth-order valence-electron chi connectivity index (χ4n) is 0.963. The standard InChI is InChI=1S/C8H7ClF3NO/c1-14-7-2-4(8(10,11)12)5(9)3-6(7)13/h2-3H,13H2,1H3. The minimum atomic E-state index is -4.50. The molecule has 0 aliphatic carbocycles. The first-order valence-electron chi connectivity index (χ1n) is 3.56. The van der Waals surface area contributed by atoms with Gasteiger partial charge in [0.1, 0.15) is 5.75 Å². The Morgan fingerprint density at radius 1 is 1.36 bits per heavy atom. The molecule has 0 saturated heterocycles. The van der Waals surface area contributed by atoms with E-state index in [1.54, 1.807) is 0 Å². The van der Waals surface area contributed by atoms with Gasteiger partial charge >= 0.3 is 6.18 Å². The summed E-state index contributed by atoms with van der Waals surface area (Å²) in [7, 11) is 1.24. The van der Waals surface area contributed by atoms with E-state index in [0.29, 0.717) is 0 Å². The molecular formula is C8H7ClF3NO. The molecule has 0 amide bonds. The molecule has 0 fully saturated rings. The number of hydrogen-bond donors (Lipinski definition) is 1. The molecule has 78 valence electrons. The van der Waals surface area contributed by atoms with Gasteiger partial charge in [-0.05, 0) is 12.1 Å². The van der Waals surface area contributed by atoms with Crippen LogP contribution in [0.3, 0.4) is 0 Å². The molecule has 0 aliphatic heterocycles. The average molecular weight is 226 g/mol. The predicted molar refractivity (Wildman–Crippen MR) is 47.4 cm³/mol. The summed E-state index contributed by atoms with van der Waals surface area (Å²) in [6.07, 6.45) is -4.50. The first-order chi connectivity index (χ1) is 6.36. The second kappa shape index (κ2) is 3.57. The van der Waals surface area contributed by atoms with Crippen molar-refractivity contribution < 1.29 is 17.9 Å². The molecule has 1 rings (SSSR count). The molecule has 0 radical (unpaired) electrons. The van der Waals surface area contributed by atoms with Crippen LogP contribution in [-0.2, 0) is 6.18 Å². The SMILES string of the molecule is COc1cc(C(F)(F)F)c(Cl)cc1N. The minimum Gasteiger partial charge on any atom is -0.495 e. The van der Waals surface area contributed by atoms with E-state index < -0.39 is 16.8 Å². The molecule has 14 heavy (non-hydrogen) atoms. The molecule has 0 aromatic heterocycles. The van der Waals surface area contributed by atoms with Crippen LogP contribution < -0.4 is 10.5 Å². The van der Waals surface area contributed by atoms with Gasteiger partial charge in [0.25, 0.3) is 0 Å². The van der Waals surface area contributed by atoms with Crippen molar-refractivity contribution in [1.29, 1.82) is 0 Å². The van der Waals surface area contributed by atoms with E-state index in [4.69, 9.17) is 17.3 Å². The molecule has 0 bridgehead atoms. The van der Waals surface area contributed by atoms with Crippen LogP contribution in [0, 0.1) is 0 Å². The van der Waals surface area contributed by atoms with E-state index >= 15 is 0 Å². The minimum absolute atomic E-state index is 0.0401. The van der Waals surface area contributed by atoms with Gasteiger partial charge in [-0.15, -0.1) is 0 Å². The fraction of sp³-hybridized carbons (Fsp3) is 0.250. The molecule has 0 unspecified atom stereocenters. The lowest BCUT2D eigenvalue weighted by molar-refractivity contribution is -0.137. The van der Waals surface area contributed by atoms with E-state index in [2.05, 4.69) is 4.74 Å². The Bertz CT molecular complexity index is 351. The Morgan fingerprint density at radius 2 is 1.93 bits per heavy atom. The highest BCUT2D eigenvalue weighted by Gasteiger charge is 2.34. The smallest absolute Gasteiger partial charge is 0.417 e. The summed E-state index contributed by atoms with van der Waals surface area (Å²) < 4.78 is 41.6. The van der Waals surface area contributed by atoms with E-state index in [1.165, 1.54) is 7.11 Å². The van der Waals surface area contributed by atoms with Crippen molar-refractivity contribution in [1.82, 2.24) is 0 Å². The highest BCUT2D eigenvalue weighted by Crippen LogP contribution is 2.39. The van der Waals surface area contributed by atoms with Crippen molar-refractivity contribution in [3.05, 3.63) is 22.7 Å². The predicted octanol–water partition coefficient (Wildman–Crippen LogP) is 2.95. The van der Waals surface area contributed by atoms with Gasteiger partial charge < -0.3 is 10.5 Å². The van der Waals surface area contributed by atoms with Gasteiger partial charge in [-0.1, -0.05) is 11.6 Å². The maximum atomic E-state index is 12.3. The number of anilines is 1. The largest absolute Gasteiger partial charge is 0.495 e.